The molecule has 1 aromatic rings. The van der Waals surface area contributed by atoms with Crippen LogP contribution in [0.15, 0.2) is 30.3 Å². The molecule has 19 heavy (non-hydrogen) atoms. The smallest absolute Gasteiger partial charge is 0.285 e. The fourth-order valence-electron chi connectivity index (χ4n) is 2.70. The van der Waals surface area contributed by atoms with Crippen molar-refractivity contribution in [2.24, 2.45) is 5.92 Å². The molecule has 0 aromatic heterocycles. The molecule has 1 aliphatic heterocycles. The van der Waals surface area contributed by atoms with Gasteiger partial charge < -0.3 is 5.32 Å². The lowest BCUT2D eigenvalue weighted by Crippen LogP contribution is -2.40. The molecule has 1 heterocycles. The molecule has 2 nitrogen and oxygen atoms in total. The first-order chi connectivity index (χ1) is 9.08. The molecule has 0 spiro atoms. The molecule has 1 saturated heterocycles. The summed E-state index contributed by atoms with van der Waals surface area (Å²) in [5, 5.41) is 3.32. The molecule has 1 aliphatic rings. The van der Waals surface area contributed by atoms with Gasteiger partial charge in [0.1, 0.15) is 0 Å². The van der Waals surface area contributed by atoms with Gasteiger partial charge >= 0.3 is 0 Å². The maximum absolute atomic E-state index is 14.1. The summed E-state index contributed by atoms with van der Waals surface area (Å²) >= 11 is 0. The Kier molecular flexibility index (Phi) is 4.88. The SMILES string of the molecule is CN(CC1CCCNC1)CC(F)(F)c1ccccc1. The number of nitrogens with one attached hydrogen (secondary N) is 1. The van der Waals surface area contributed by atoms with E-state index in [1.807, 2.05) is 0 Å². The molecule has 0 radical (unpaired) electrons. The van der Waals surface area contributed by atoms with Crippen LogP contribution in [0.4, 0.5) is 8.78 Å². The quantitative estimate of drug-likeness (QED) is 0.883. The Labute approximate surface area is 113 Å². The number of nitrogens with zero attached hydrogens (tertiary/aromatic N) is 1. The average Bonchev–Trinajstić information content (AvgIpc) is 2.40. The predicted molar refractivity (Wildman–Crippen MR) is 73.4 cm³/mol. The van der Waals surface area contributed by atoms with Gasteiger partial charge in [0, 0.05) is 12.1 Å². The molecule has 0 aliphatic carbocycles. The van der Waals surface area contributed by atoms with Crippen LogP contribution in [0.25, 0.3) is 0 Å². The number of alkyl halides is 2. The van der Waals surface area contributed by atoms with Gasteiger partial charge in [-0.25, -0.2) is 0 Å². The average molecular weight is 268 g/mol. The van der Waals surface area contributed by atoms with Crippen LogP contribution in [-0.4, -0.2) is 38.1 Å². The van der Waals surface area contributed by atoms with E-state index in [-0.39, 0.29) is 12.1 Å². The van der Waals surface area contributed by atoms with Crippen LogP contribution >= 0.6 is 0 Å². The fourth-order valence-corrected chi connectivity index (χ4v) is 2.70. The molecule has 1 fully saturated rings. The fraction of sp³-hybridized carbons (Fsp3) is 0.600. The summed E-state index contributed by atoms with van der Waals surface area (Å²) < 4.78 is 28.2. The molecular formula is C15H22F2N2. The second-order valence-electron chi connectivity index (χ2n) is 5.48. The first kappa shape index (κ1) is 14.4. The third kappa shape index (κ3) is 4.25. The number of halogens is 2. The van der Waals surface area contributed by atoms with E-state index in [1.54, 1.807) is 30.1 Å². The van der Waals surface area contributed by atoms with E-state index in [2.05, 4.69) is 5.32 Å². The van der Waals surface area contributed by atoms with Crippen LogP contribution in [-0.2, 0) is 5.92 Å². The number of piperidine rings is 1. The molecule has 1 atom stereocenters. The lowest BCUT2D eigenvalue weighted by Gasteiger charge is -2.30. The molecule has 0 saturated carbocycles. The summed E-state index contributed by atoms with van der Waals surface area (Å²) in [7, 11) is 1.78. The standard InChI is InChI=1S/C15H22F2N2/c1-19(11-13-6-5-9-18-10-13)12-15(16,17)14-7-3-2-4-8-14/h2-4,7-8,13,18H,5-6,9-12H2,1H3. The first-order valence-electron chi connectivity index (χ1n) is 6.90. The first-order valence-corrected chi connectivity index (χ1v) is 6.90. The molecule has 1 N–H and O–H groups in total. The Morgan fingerprint density at radius 3 is 2.68 bits per heavy atom. The Balaban J connectivity index is 1.88. The summed E-state index contributed by atoms with van der Waals surface area (Å²) in [6, 6.07) is 8.07. The molecule has 1 aromatic carbocycles. The number of rotatable bonds is 5. The monoisotopic (exact) mass is 268 g/mol. The highest BCUT2D eigenvalue weighted by Gasteiger charge is 2.33. The topological polar surface area (TPSA) is 15.3 Å². The molecule has 0 amide bonds. The second-order valence-corrected chi connectivity index (χ2v) is 5.48. The van der Waals surface area contributed by atoms with E-state index in [1.165, 1.54) is 12.1 Å². The van der Waals surface area contributed by atoms with E-state index >= 15 is 0 Å². The van der Waals surface area contributed by atoms with Crippen LogP contribution in [0.2, 0.25) is 0 Å². The Morgan fingerprint density at radius 1 is 1.32 bits per heavy atom. The third-order valence-corrected chi connectivity index (χ3v) is 3.63. The van der Waals surface area contributed by atoms with Crippen LogP contribution < -0.4 is 5.32 Å². The lowest BCUT2D eigenvalue weighted by molar-refractivity contribution is -0.0352. The van der Waals surface area contributed by atoms with Crippen molar-refractivity contribution in [3.8, 4) is 0 Å². The summed E-state index contributed by atoms with van der Waals surface area (Å²) in [5.41, 5.74) is 0.101. The van der Waals surface area contributed by atoms with Crippen LogP contribution in [0, 0.1) is 5.92 Å². The Morgan fingerprint density at radius 2 is 2.05 bits per heavy atom. The van der Waals surface area contributed by atoms with Crippen molar-refractivity contribution in [1.29, 1.82) is 0 Å². The summed E-state index contributed by atoms with van der Waals surface area (Å²) in [6.07, 6.45) is 2.28. The zero-order valence-electron chi connectivity index (χ0n) is 11.4. The van der Waals surface area contributed by atoms with Crippen molar-refractivity contribution < 1.29 is 8.78 Å². The number of likely N-dealkylation sites (N-methyl/N-ethyl adjacent to an activating group) is 1. The second kappa shape index (κ2) is 6.44. The molecule has 2 rings (SSSR count). The molecule has 106 valence electrons. The van der Waals surface area contributed by atoms with Gasteiger partial charge in [-0.3, -0.25) is 4.90 Å². The van der Waals surface area contributed by atoms with E-state index in [0.29, 0.717) is 5.92 Å². The number of benzene rings is 1. The molecular weight excluding hydrogens is 246 g/mol. The highest BCUT2D eigenvalue weighted by atomic mass is 19.3. The third-order valence-electron chi connectivity index (χ3n) is 3.63. The maximum atomic E-state index is 14.1. The van der Waals surface area contributed by atoms with E-state index in [4.69, 9.17) is 0 Å². The summed E-state index contributed by atoms with van der Waals surface area (Å²) in [6.45, 7) is 2.52. The van der Waals surface area contributed by atoms with Gasteiger partial charge in [-0.15, -0.1) is 0 Å². The summed E-state index contributed by atoms with van der Waals surface area (Å²) in [4.78, 5) is 1.75. The van der Waals surface area contributed by atoms with Crippen molar-refractivity contribution >= 4 is 0 Å². The number of hydrogen-bond donors (Lipinski definition) is 1. The van der Waals surface area contributed by atoms with Crippen molar-refractivity contribution in [2.45, 2.75) is 18.8 Å². The van der Waals surface area contributed by atoms with Crippen molar-refractivity contribution in [1.82, 2.24) is 10.2 Å². The van der Waals surface area contributed by atoms with Gasteiger partial charge in [0.05, 0.1) is 6.54 Å². The zero-order chi connectivity index (χ0) is 13.7. The van der Waals surface area contributed by atoms with Gasteiger partial charge in [-0.1, -0.05) is 30.3 Å². The van der Waals surface area contributed by atoms with Crippen LogP contribution in [0.5, 0.6) is 0 Å². The Hall–Kier alpha value is -1.00. The van der Waals surface area contributed by atoms with Crippen molar-refractivity contribution in [3.05, 3.63) is 35.9 Å². The maximum Gasteiger partial charge on any atom is 0.285 e. The normalized spacial score (nSPS) is 20.7. The van der Waals surface area contributed by atoms with Gasteiger partial charge in [-0.2, -0.15) is 8.78 Å². The van der Waals surface area contributed by atoms with E-state index in [0.717, 1.165) is 32.5 Å². The lowest BCUT2D eigenvalue weighted by atomic mass is 9.99. The minimum absolute atomic E-state index is 0.101. The minimum atomic E-state index is -2.78. The highest BCUT2D eigenvalue weighted by molar-refractivity contribution is 5.20. The largest absolute Gasteiger partial charge is 0.316 e. The van der Waals surface area contributed by atoms with Crippen molar-refractivity contribution in [2.75, 3.05) is 33.2 Å². The summed E-state index contributed by atoms with van der Waals surface area (Å²) in [5.74, 6) is -2.29. The molecule has 1 unspecified atom stereocenters. The minimum Gasteiger partial charge on any atom is -0.316 e. The van der Waals surface area contributed by atoms with E-state index in [9.17, 15) is 8.78 Å². The van der Waals surface area contributed by atoms with Crippen LogP contribution in [0.3, 0.4) is 0 Å². The van der Waals surface area contributed by atoms with Gasteiger partial charge in [-0.05, 0) is 38.9 Å². The van der Waals surface area contributed by atoms with E-state index < -0.39 is 5.92 Å². The molecule has 4 heteroatoms. The van der Waals surface area contributed by atoms with Gasteiger partial charge in [0.2, 0.25) is 0 Å². The highest BCUT2D eigenvalue weighted by Crippen LogP contribution is 2.28. The zero-order valence-corrected chi connectivity index (χ0v) is 11.4. The predicted octanol–water partition coefficient (Wildman–Crippen LogP) is 2.71. The van der Waals surface area contributed by atoms with Crippen molar-refractivity contribution in [3.63, 3.8) is 0 Å². The van der Waals surface area contributed by atoms with Gasteiger partial charge in [0.15, 0.2) is 0 Å². The van der Waals surface area contributed by atoms with Crippen LogP contribution in [0.1, 0.15) is 18.4 Å². The number of hydrogen-bond acceptors (Lipinski definition) is 2. The molecule has 0 bridgehead atoms. The van der Waals surface area contributed by atoms with Gasteiger partial charge in [0.25, 0.3) is 5.92 Å². The Bertz CT molecular complexity index is 375.